The van der Waals surface area contributed by atoms with Crippen LogP contribution in [0.25, 0.3) is 11.1 Å². The second-order valence-corrected chi connectivity index (χ2v) is 11.5. The summed E-state index contributed by atoms with van der Waals surface area (Å²) in [6.45, 7) is 0.407. The summed E-state index contributed by atoms with van der Waals surface area (Å²) in [4.78, 5) is 13.9. The highest BCUT2D eigenvalue weighted by Crippen LogP contribution is 2.56. The number of sulfonamides is 1. The fourth-order valence-corrected chi connectivity index (χ4v) is 5.79. The van der Waals surface area contributed by atoms with E-state index in [-0.39, 0.29) is 23.2 Å². The third kappa shape index (κ3) is 5.21. The average Bonchev–Trinajstić information content (AvgIpc) is 3.54. The van der Waals surface area contributed by atoms with Crippen LogP contribution in [0.5, 0.6) is 0 Å². The lowest BCUT2D eigenvalue weighted by Crippen LogP contribution is -2.56. The molecule has 1 spiro atoms. The maximum atomic E-state index is 15.6. The van der Waals surface area contributed by atoms with E-state index in [0.29, 0.717) is 25.8 Å². The van der Waals surface area contributed by atoms with Gasteiger partial charge in [-0.2, -0.15) is 0 Å². The van der Waals surface area contributed by atoms with Crippen molar-refractivity contribution in [3.8, 4) is 11.1 Å². The van der Waals surface area contributed by atoms with Crippen molar-refractivity contribution in [1.82, 2.24) is 9.62 Å². The van der Waals surface area contributed by atoms with E-state index in [0.717, 1.165) is 17.0 Å². The van der Waals surface area contributed by atoms with Crippen LogP contribution < -0.4 is 4.72 Å². The zero-order chi connectivity index (χ0) is 27.3. The minimum atomic E-state index is -4.47. The topological polar surface area (TPSA) is 86.7 Å². The summed E-state index contributed by atoms with van der Waals surface area (Å²) in [5.41, 5.74) is -4.43. The monoisotopic (exact) mass is 550 g/mol. The Morgan fingerprint density at radius 2 is 1.81 bits per heavy atom. The average molecular weight is 551 g/mol. The number of carbonyl (C=O) groups is 1. The van der Waals surface area contributed by atoms with E-state index >= 15 is 4.39 Å². The van der Waals surface area contributed by atoms with Gasteiger partial charge in [0, 0.05) is 29.6 Å². The smallest absolute Gasteiger partial charge is 0.275 e. The maximum Gasteiger partial charge on any atom is 0.275 e. The van der Waals surface area contributed by atoms with Crippen LogP contribution in [0.15, 0.2) is 36.4 Å². The summed E-state index contributed by atoms with van der Waals surface area (Å²) in [5, 5.41) is 10.2. The molecule has 0 unspecified atom stereocenters. The molecule has 2 fully saturated rings. The van der Waals surface area contributed by atoms with Crippen LogP contribution in [0.2, 0.25) is 0 Å². The third-order valence-electron chi connectivity index (χ3n) is 7.07. The van der Waals surface area contributed by atoms with Crippen molar-refractivity contribution >= 4 is 15.9 Å². The number of amides is 1. The van der Waals surface area contributed by atoms with Gasteiger partial charge in [-0.05, 0) is 49.4 Å². The number of aliphatic hydroxyl groups is 1. The van der Waals surface area contributed by atoms with Crippen molar-refractivity contribution in [3.05, 3.63) is 59.4 Å². The standard InChI is InChI=1S/C24H24F6N2O4S/c1-23(34,21(29)30)22(33)32-11-24(5-6-24)20(31-37(35,36)12-25)18(32)9-13-3-2-4-17(19(13)28)14-7-15(26)10-16(27)8-14/h2-4,7-8,10,18,20-21,31,34H,5-6,9,11-12H2,1H3/t18-,20+,23+/m0/s1. The zero-order valence-corrected chi connectivity index (χ0v) is 20.3. The molecule has 1 heterocycles. The Labute approximate surface area is 209 Å². The number of nitrogens with zero attached hydrogens (tertiary/aromatic N) is 1. The first-order valence-electron chi connectivity index (χ1n) is 11.3. The Morgan fingerprint density at radius 1 is 1.19 bits per heavy atom. The number of hydrogen-bond acceptors (Lipinski definition) is 4. The Kier molecular flexibility index (Phi) is 7.10. The summed E-state index contributed by atoms with van der Waals surface area (Å²) in [5.74, 6) is -4.20. The first-order chi connectivity index (χ1) is 17.2. The number of alkyl halides is 3. The lowest BCUT2D eigenvalue weighted by molar-refractivity contribution is -0.166. The maximum absolute atomic E-state index is 15.6. The molecular formula is C24H24F6N2O4S. The molecule has 1 aliphatic carbocycles. The van der Waals surface area contributed by atoms with E-state index in [2.05, 4.69) is 4.72 Å². The first-order valence-corrected chi connectivity index (χ1v) is 13.0. The summed E-state index contributed by atoms with van der Waals surface area (Å²) >= 11 is 0. The second-order valence-electron chi connectivity index (χ2n) is 9.77. The highest BCUT2D eigenvalue weighted by molar-refractivity contribution is 7.89. The highest BCUT2D eigenvalue weighted by Gasteiger charge is 2.63. The van der Waals surface area contributed by atoms with Gasteiger partial charge < -0.3 is 10.0 Å². The molecule has 2 aromatic carbocycles. The normalized spacial score (nSPS) is 22.5. The van der Waals surface area contributed by atoms with Gasteiger partial charge in [-0.3, -0.25) is 4.79 Å². The SMILES string of the molecule is C[C@](O)(C(=O)N1CC2(CC2)[C@H](NS(=O)(=O)CF)[C@@H]1Cc1cccc(-c2cc(F)cc(F)c2)c1F)C(F)F. The molecule has 0 bridgehead atoms. The van der Waals surface area contributed by atoms with E-state index in [4.69, 9.17) is 0 Å². The summed E-state index contributed by atoms with van der Waals surface area (Å²) in [6, 6.07) is 2.17. The molecule has 2 N–H and O–H groups in total. The lowest BCUT2D eigenvalue weighted by Gasteiger charge is -2.33. The Balaban J connectivity index is 1.77. The lowest BCUT2D eigenvalue weighted by atomic mass is 9.91. The van der Waals surface area contributed by atoms with Crippen LogP contribution in [0.4, 0.5) is 26.3 Å². The van der Waals surface area contributed by atoms with E-state index in [9.17, 15) is 40.3 Å². The highest BCUT2D eigenvalue weighted by atomic mass is 32.2. The van der Waals surface area contributed by atoms with Gasteiger partial charge in [-0.1, -0.05) is 18.2 Å². The van der Waals surface area contributed by atoms with Crippen LogP contribution in [-0.4, -0.2) is 61.0 Å². The molecule has 1 saturated carbocycles. The van der Waals surface area contributed by atoms with E-state index in [1.54, 1.807) is 0 Å². The molecule has 13 heteroatoms. The molecule has 1 aliphatic heterocycles. The van der Waals surface area contributed by atoms with Crippen molar-refractivity contribution in [2.75, 3.05) is 12.6 Å². The van der Waals surface area contributed by atoms with Gasteiger partial charge in [-0.15, -0.1) is 0 Å². The molecular weight excluding hydrogens is 526 g/mol. The predicted octanol–water partition coefficient (Wildman–Crippen LogP) is 3.54. The quantitative estimate of drug-likeness (QED) is 0.493. The number of halogens is 6. The number of carbonyl (C=O) groups excluding carboxylic acids is 1. The van der Waals surface area contributed by atoms with Crippen LogP contribution in [0.3, 0.4) is 0 Å². The van der Waals surface area contributed by atoms with E-state index in [1.165, 1.54) is 18.2 Å². The van der Waals surface area contributed by atoms with Gasteiger partial charge in [-0.25, -0.2) is 39.5 Å². The molecule has 2 aliphatic rings. The predicted molar refractivity (Wildman–Crippen MR) is 121 cm³/mol. The minimum absolute atomic E-state index is 0.108. The Morgan fingerprint density at radius 3 is 2.35 bits per heavy atom. The van der Waals surface area contributed by atoms with Gasteiger partial charge >= 0.3 is 0 Å². The minimum Gasteiger partial charge on any atom is -0.375 e. The van der Waals surface area contributed by atoms with Gasteiger partial charge in [0.1, 0.15) is 17.5 Å². The molecule has 2 aromatic rings. The van der Waals surface area contributed by atoms with Crippen molar-refractivity contribution < 1.29 is 44.7 Å². The fraction of sp³-hybridized carbons (Fsp3) is 0.458. The van der Waals surface area contributed by atoms with E-state index in [1.807, 2.05) is 0 Å². The first kappa shape index (κ1) is 27.4. The Hall–Kier alpha value is -2.64. The van der Waals surface area contributed by atoms with Gasteiger partial charge in [0.2, 0.25) is 21.6 Å². The van der Waals surface area contributed by atoms with Crippen molar-refractivity contribution in [2.45, 2.75) is 50.3 Å². The van der Waals surface area contributed by atoms with Gasteiger partial charge in [0.05, 0.1) is 6.04 Å². The fourth-order valence-electron chi connectivity index (χ4n) is 4.93. The molecule has 0 radical (unpaired) electrons. The van der Waals surface area contributed by atoms with Crippen LogP contribution in [0, 0.1) is 22.9 Å². The summed E-state index contributed by atoms with van der Waals surface area (Å²) in [6.07, 6.45) is -3.12. The molecule has 4 rings (SSSR count). The molecule has 0 aromatic heterocycles. The molecule has 37 heavy (non-hydrogen) atoms. The number of rotatable bonds is 8. The molecule has 202 valence electrons. The second kappa shape index (κ2) is 9.59. The number of benzene rings is 2. The largest absolute Gasteiger partial charge is 0.375 e. The van der Waals surface area contributed by atoms with Crippen LogP contribution in [0.1, 0.15) is 25.3 Å². The molecule has 1 amide bonds. The summed E-state index contributed by atoms with van der Waals surface area (Å²) < 4.78 is 110. The Bertz CT molecular complexity index is 1300. The zero-order valence-electron chi connectivity index (χ0n) is 19.5. The molecule has 6 nitrogen and oxygen atoms in total. The number of likely N-dealkylation sites (tertiary alicyclic amines) is 1. The molecule has 3 atom stereocenters. The molecule has 1 saturated heterocycles. The van der Waals surface area contributed by atoms with E-state index < -0.39 is 75.3 Å². The van der Waals surface area contributed by atoms with Gasteiger partial charge in [0.15, 0.2) is 0 Å². The van der Waals surface area contributed by atoms with Crippen molar-refractivity contribution in [3.63, 3.8) is 0 Å². The summed E-state index contributed by atoms with van der Waals surface area (Å²) in [7, 11) is -4.47. The van der Waals surface area contributed by atoms with Crippen LogP contribution >= 0.6 is 0 Å². The van der Waals surface area contributed by atoms with Gasteiger partial charge in [0.25, 0.3) is 12.3 Å². The number of hydrogen-bond donors (Lipinski definition) is 2. The third-order valence-corrected chi connectivity index (χ3v) is 7.97. The van der Waals surface area contributed by atoms with Crippen molar-refractivity contribution in [2.24, 2.45) is 5.41 Å². The van der Waals surface area contributed by atoms with Crippen molar-refractivity contribution in [1.29, 1.82) is 0 Å². The van der Waals surface area contributed by atoms with Crippen LogP contribution in [-0.2, 0) is 21.2 Å². The number of nitrogens with one attached hydrogen (secondary N) is 1.